The van der Waals surface area contributed by atoms with Crippen LogP contribution in [0.2, 0.25) is 0 Å². The Morgan fingerprint density at radius 1 is 1.44 bits per heavy atom. The maximum absolute atomic E-state index is 11.6. The fraction of sp³-hybridized carbons (Fsp3) is 0.417. The fourth-order valence-corrected chi connectivity index (χ4v) is 2.02. The first kappa shape index (κ1) is 12.9. The van der Waals surface area contributed by atoms with Gasteiger partial charge >= 0.3 is 0 Å². The highest BCUT2D eigenvalue weighted by atomic mass is 32.2. The molecule has 0 aliphatic heterocycles. The van der Waals surface area contributed by atoms with E-state index in [-0.39, 0.29) is 11.9 Å². The van der Waals surface area contributed by atoms with Gasteiger partial charge in [-0.05, 0) is 30.9 Å². The van der Waals surface area contributed by atoms with E-state index in [1.807, 2.05) is 37.4 Å². The summed E-state index contributed by atoms with van der Waals surface area (Å²) in [5.41, 5.74) is 7.29. The molecule has 1 unspecified atom stereocenters. The highest BCUT2D eigenvalue weighted by molar-refractivity contribution is 7.98. The van der Waals surface area contributed by atoms with E-state index >= 15 is 0 Å². The lowest BCUT2D eigenvalue weighted by Gasteiger charge is -2.12. The first-order valence-corrected chi connectivity index (χ1v) is 6.64. The predicted octanol–water partition coefficient (Wildman–Crippen LogP) is 1.68. The number of rotatable bonds is 5. The Labute approximate surface area is 101 Å². The Hall–Kier alpha value is -1.16. The number of nitrogens with one attached hydrogen (secondary N) is 1. The summed E-state index contributed by atoms with van der Waals surface area (Å²) in [6, 6.07) is 7.61. The number of amides is 1. The zero-order valence-electron chi connectivity index (χ0n) is 9.69. The average molecular weight is 238 g/mol. The molecule has 16 heavy (non-hydrogen) atoms. The molecule has 0 saturated carbocycles. The molecule has 3 N–H and O–H groups in total. The summed E-state index contributed by atoms with van der Waals surface area (Å²) in [6.45, 7) is 2.01. The van der Waals surface area contributed by atoms with E-state index in [2.05, 4.69) is 5.32 Å². The summed E-state index contributed by atoms with van der Waals surface area (Å²) in [7, 11) is 0. The molecule has 1 aromatic rings. The predicted molar refractivity (Wildman–Crippen MR) is 70.5 cm³/mol. The molecule has 88 valence electrons. The van der Waals surface area contributed by atoms with Crippen molar-refractivity contribution in [2.75, 3.05) is 17.7 Å². The molecule has 4 heteroatoms. The first-order chi connectivity index (χ1) is 7.61. The van der Waals surface area contributed by atoms with Crippen LogP contribution >= 0.6 is 11.8 Å². The van der Waals surface area contributed by atoms with Gasteiger partial charge in [0, 0.05) is 17.5 Å². The molecule has 0 radical (unpaired) electrons. The normalized spacial score (nSPS) is 12.1. The smallest absolute Gasteiger partial charge is 0.224 e. The van der Waals surface area contributed by atoms with E-state index in [4.69, 9.17) is 5.73 Å². The summed E-state index contributed by atoms with van der Waals surface area (Å²) >= 11 is 1.73. The van der Waals surface area contributed by atoms with Crippen molar-refractivity contribution in [1.82, 2.24) is 5.32 Å². The Bertz CT molecular complexity index is 337. The van der Waals surface area contributed by atoms with E-state index in [1.165, 1.54) is 0 Å². The van der Waals surface area contributed by atoms with Crippen molar-refractivity contribution in [3.8, 4) is 0 Å². The molecule has 0 heterocycles. The van der Waals surface area contributed by atoms with Crippen LogP contribution < -0.4 is 11.1 Å². The van der Waals surface area contributed by atoms with Gasteiger partial charge in [0.05, 0.1) is 6.42 Å². The third kappa shape index (κ3) is 4.57. The van der Waals surface area contributed by atoms with Gasteiger partial charge in [0.15, 0.2) is 0 Å². The van der Waals surface area contributed by atoms with Crippen LogP contribution in [0.4, 0.5) is 5.69 Å². The van der Waals surface area contributed by atoms with Crippen LogP contribution in [0.15, 0.2) is 24.3 Å². The molecular weight excluding hydrogens is 220 g/mol. The number of benzene rings is 1. The van der Waals surface area contributed by atoms with Crippen LogP contribution in [0.1, 0.15) is 12.5 Å². The first-order valence-electron chi connectivity index (χ1n) is 5.24. The van der Waals surface area contributed by atoms with E-state index in [1.54, 1.807) is 11.8 Å². The van der Waals surface area contributed by atoms with Gasteiger partial charge in [-0.1, -0.05) is 12.1 Å². The van der Waals surface area contributed by atoms with Gasteiger partial charge in [-0.25, -0.2) is 0 Å². The minimum Gasteiger partial charge on any atom is -0.399 e. The molecular formula is C12H18N2OS. The van der Waals surface area contributed by atoms with Crippen LogP contribution in [0, 0.1) is 0 Å². The molecule has 0 aliphatic carbocycles. The second-order valence-electron chi connectivity index (χ2n) is 3.84. The Morgan fingerprint density at radius 2 is 2.06 bits per heavy atom. The lowest BCUT2D eigenvalue weighted by atomic mass is 10.1. The molecule has 1 amide bonds. The molecule has 0 spiro atoms. The number of hydrogen-bond donors (Lipinski definition) is 2. The molecule has 0 fully saturated rings. The number of carbonyl (C=O) groups is 1. The maximum Gasteiger partial charge on any atom is 0.224 e. The quantitative estimate of drug-likeness (QED) is 0.767. The van der Waals surface area contributed by atoms with Gasteiger partial charge in [0.25, 0.3) is 0 Å². The highest BCUT2D eigenvalue weighted by Crippen LogP contribution is 2.06. The van der Waals surface area contributed by atoms with E-state index < -0.39 is 0 Å². The van der Waals surface area contributed by atoms with Crippen LogP contribution in [-0.4, -0.2) is 24.0 Å². The zero-order valence-corrected chi connectivity index (χ0v) is 10.5. The summed E-state index contributed by atoms with van der Waals surface area (Å²) in [4.78, 5) is 11.6. The summed E-state index contributed by atoms with van der Waals surface area (Å²) in [5, 5.41) is 2.95. The van der Waals surface area contributed by atoms with Crippen LogP contribution in [0.3, 0.4) is 0 Å². The summed E-state index contributed by atoms with van der Waals surface area (Å²) < 4.78 is 0. The Kier molecular flexibility index (Phi) is 5.19. The van der Waals surface area contributed by atoms with Crippen LogP contribution in [0.25, 0.3) is 0 Å². The van der Waals surface area contributed by atoms with Gasteiger partial charge in [0.2, 0.25) is 5.91 Å². The molecule has 0 saturated heterocycles. The van der Waals surface area contributed by atoms with Crippen molar-refractivity contribution < 1.29 is 4.79 Å². The second-order valence-corrected chi connectivity index (χ2v) is 4.75. The van der Waals surface area contributed by atoms with Crippen molar-refractivity contribution in [2.24, 2.45) is 0 Å². The third-order valence-corrected chi connectivity index (χ3v) is 3.00. The van der Waals surface area contributed by atoms with Crippen LogP contribution in [-0.2, 0) is 11.2 Å². The van der Waals surface area contributed by atoms with Crippen molar-refractivity contribution in [3.05, 3.63) is 29.8 Å². The second kappa shape index (κ2) is 6.43. The van der Waals surface area contributed by atoms with Gasteiger partial charge in [-0.15, -0.1) is 0 Å². The third-order valence-electron chi connectivity index (χ3n) is 2.17. The van der Waals surface area contributed by atoms with E-state index in [0.717, 1.165) is 17.0 Å². The summed E-state index contributed by atoms with van der Waals surface area (Å²) in [5.74, 6) is 0.999. The molecule has 1 atom stereocenters. The van der Waals surface area contributed by atoms with Crippen molar-refractivity contribution >= 4 is 23.4 Å². The topological polar surface area (TPSA) is 55.1 Å². The van der Waals surface area contributed by atoms with Crippen molar-refractivity contribution in [1.29, 1.82) is 0 Å². The largest absolute Gasteiger partial charge is 0.399 e. The van der Waals surface area contributed by atoms with Gasteiger partial charge in [-0.3, -0.25) is 4.79 Å². The lowest BCUT2D eigenvalue weighted by Crippen LogP contribution is -2.35. The number of thioether (sulfide) groups is 1. The number of hydrogen-bond acceptors (Lipinski definition) is 3. The summed E-state index contributed by atoms with van der Waals surface area (Å²) in [6.07, 6.45) is 2.45. The Balaban J connectivity index is 2.42. The van der Waals surface area contributed by atoms with Crippen molar-refractivity contribution in [3.63, 3.8) is 0 Å². The highest BCUT2D eigenvalue weighted by Gasteiger charge is 2.07. The average Bonchev–Trinajstić information content (AvgIpc) is 2.21. The zero-order chi connectivity index (χ0) is 12.0. The molecule has 1 rings (SSSR count). The molecule has 1 aromatic carbocycles. The van der Waals surface area contributed by atoms with Crippen molar-refractivity contribution in [2.45, 2.75) is 19.4 Å². The number of anilines is 1. The number of nitrogens with two attached hydrogens (primary N) is 1. The SMILES string of the molecule is CSCC(C)NC(=O)Cc1ccc(N)cc1. The van der Waals surface area contributed by atoms with E-state index in [0.29, 0.717) is 6.42 Å². The standard InChI is InChI=1S/C12H18N2OS/c1-9(8-16-2)14-12(15)7-10-3-5-11(13)6-4-10/h3-6,9H,7-8,13H2,1-2H3,(H,14,15). The minimum atomic E-state index is 0.0614. The molecule has 0 aliphatic rings. The Morgan fingerprint density at radius 3 is 2.62 bits per heavy atom. The monoisotopic (exact) mass is 238 g/mol. The van der Waals surface area contributed by atoms with Gasteiger partial charge in [0.1, 0.15) is 0 Å². The molecule has 0 aromatic heterocycles. The number of carbonyl (C=O) groups excluding carboxylic acids is 1. The molecule has 0 bridgehead atoms. The van der Waals surface area contributed by atoms with Gasteiger partial charge in [-0.2, -0.15) is 11.8 Å². The molecule has 3 nitrogen and oxygen atoms in total. The minimum absolute atomic E-state index is 0.0614. The maximum atomic E-state index is 11.6. The fourth-order valence-electron chi connectivity index (χ4n) is 1.44. The van der Waals surface area contributed by atoms with E-state index in [9.17, 15) is 4.79 Å². The lowest BCUT2D eigenvalue weighted by molar-refractivity contribution is -0.120. The number of nitrogen functional groups attached to an aromatic ring is 1. The van der Waals surface area contributed by atoms with Gasteiger partial charge < -0.3 is 11.1 Å². The van der Waals surface area contributed by atoms with Crippen LogP contribution in [0.5, 0.6) is 0 Å².